The van der Waals surface area contributed by atoms with E-state index in [2.05, 4.69) is 10.3 Å². The SMILES string of the molecule is Cc1ncc(-c2ccc(NC(=O)C(N)C(C)C)cc2)o1. The van der Waals surface area contributed by atoms with Crippen molar-refractivity contribution < 1.29 is 9.21 Å². The van der Waals surface area contributed by atoms with Crippen molar-refractivity contribution in [2.75, 3.05) is 5.32 Å². The second-order valence-corrected chi connectivity index (χ2v) is 5.08. The number of aromatic nitrogens is 1. The maximum Gasteiger partial charge on any atom is 0.241 e. The highest BCUT2D eigenvalue weighted by Gasteiger charge is 2.17. The van der Waals surface area contributed by atoms with Gasteiger partial charge in [-0.05, 0) is 30.2 Å². The van der Waals surface area contributed by atoms with Crippen molar-refractivity contribution in [3.8, 4) is 11.3 Å². The number of oxazole rings is 1. The first-order chi connectivity index (χ1) is 9.47. The van der Waals surface area contributed by atoms with Crippen molar-refractivity contribution in [3.05, 3.63) is 36.4 Å². The molecule has 1 aromatic carbocycles. The number of anilines is 1. The van der Waals surface area contributed by atoms with Gasteiger partial charge in [-0.1, -0.05) is 13.8 Å². The van der Waals surface area contributed by atoms with E-state index < -0.39 is 6.04 Å². The van der Waals surface area contributed by atoms with E-state index in [1.54, 1.807) is 13.1 Å². The van der Waals surface area contributed by atoms with Crippen LogP contribution in [0.4, 0.5) is 5.69 Å². The maximum atomic E-state index is 11.8. The Labute approximate surface area is 118 Å². The molecule has 1 unspecified atom stereocenters. The van der Waals surface area contributed by atoms with E-state index in [4.69, 9.17) is 10.2 Å². The summed E-state index contributed by atoms with van der Waals surface area (Å²) < 4.78 is 5.44. The van der Waals surface area contributed by atoms with Gasteiger partial charge in [0.25, 0.3) is 0 Å². The Balaban J connectivity index is 2.07. The zero-order valence-corrected chi connectivity index (χ0v) is 11.9. The van der Waals surface area contributed by atoms with Gasteiger partial charge in [-0.25, -0.2) is 4.98 Å². The van der Waals surface area contributed by atoms with Gasteiger partial charge >= 0.3 is 0 Å². The highest BCUT2D eigenvalue weighted by atomic mass is 16.4. The van der Waals surface area contributed by atoms with Crippen LogP contribution in [0.1, 0.15) is 19.7 Å². The molecule has 5 heteroatoms. The van der Waals surface area contributed by atoms with Crippen molar-refractivity contribution in [3.63, 3.8) is 0 Å². The molecule has 1 heterocycles. The van der Waals surface area contributed by atoms with Crippen molar-refractivity contribution in [1.82, 2.24) is 4.98 Å². The van der Waals surface area contributed by atoms with E-state index in [1.165, 1.54) is 0 Å². The molecule has 0 aliphatic carbocycles. The number of nitrogens with two attached hydrogens (primary N) is 1. The molecular formula is C15H19N3O2. The monoisotopic (exact) mass is 273 g/mol. The lowest BCUT2D eigenvalue weighted by molar-refractivity contribution is -0.118. The van der Waals surface area contributed by atoms with Crippen LogP contribution in [0, 0.1) is 12.8 Å². The molecule has 106 valence electrons. The molecule has 1 aromatic heterocycles. The van der Waals surface area contributed by atoms with Crippen LogP contribution in [0.25, 0.3) is 11.3 Å². The first kappa shape index (κ1) is 14.3. The van der Waals surface area contributed by atoms with Crippen LogP contribution in [0.5, 0.6) is 0 Å². The fourth-order valence-corrected chi connectivity index (χ4v) is 1.74. The molecule has 0 fully saturated rings. The van der Waals surface area contributed by atoms with Gasteiger partial charge in [0.2, 0.25) is 5.91 Å². The number of hydrogen-bond acceptors (Lipinski definition) is 4. The van der Waals surface area contributed by atoms with Crippen LogP contribution >= 0.6 is 0 Å². The molecule has 3 N–H and O–H groups in total. The van der Waals surface area contributed by atoms with E-state index >= 15 is 0 Å². The number of carbonyl (C=O) groups is 1. The summed E-state index contributed by atoms with van der Waals surface area (Å²) in [5.41, 5.74) is 7.42. The average molecular weight is 273 g/mol. The quantitative estimate of drug-likeness (QED) is 0.897. The van der Waals surface area contributed by atoms with Crippen LogP contribution in [0.3, 0.4) is 0 Å². The zero-order valence-electron chi connectivity index (χ0n) is 11.9. The van der Waals surface area contributed by atoms with E-state index in [9.17, 15) is 4.79 Å². The highest BCUT2D eigenvalue weighted by molar-refractivity contribution is 5.95. The number of nitrogens with one attached hydrogen (secondary N) is 1. The molecule has 2 rings (SSSR count). The van der Waals surface area contributed by atoms with Gasteiger partial charge in [0.05, 0.1) is 12.2 Å². The van der Waals surface area contributed by atoms with Crippen molar-refractivity contribution in [2.45, 2.75) is 26.8 Å². The summed E-state index contributed by atoms with van der Waals surface area (Å²) in [6.07, 6.45) is 1.68. The Kier molecular flexibility index (Phi) is 4.20. The molecule has 0 radical (unpaired) electrons. The Hall–Kier alpha value is -2.14. The number of amides is 1. The highest BCUT2D eigenvalue weighted by Crippen LogP contribution is 2.22. The lowest BCUT2D eigenvalue weighted by Crippen LogP contribution is -2.39. The summed E-state index contributed by atoms with van der Waals surface area (Å²) >= 11 is 0. The molecule has 0 bridgehead atoms. The third-order valence-corrected chi connectivity index (χ3v) is 3.08. The molecule has 1 atom stereocenters. The van der Waals surface area contributed by atoms with Crippen LogP contribution < -0.4 is 11.1 Å². The predicted molar refractivity (Wildman–Crippen MR) is 78.1 cm³/mol. The van der Waals surface area contributed by atoms with Crippen molar-refractivity contribution in [2.24, 2.45) is 11.7 Å². The average Bonchev–Trinajstić information content (AvgIpc) is 2.85. The number of rotatable bonds is 4. The summed E-state index contributed by atoms with van der Waals surface area (Å²) in [5.74, 6) is 1.26. The molecule has 5 nitrogen and oxygen atoms in total. The Morgan fingerprint density at radius 1 is 1.30 bits per heavy atom. The van der Waals surface area contributed by atoms with Crippen LogP contribution in [0.2, 0.25) is 0 Å². The van der Waals surface area contributed by atoms with Gasteiger partial charge in [-0.15, -0.1) is 0 Å². The number of hydrogen-bond donors (Lipinski definition) is 2. The molecule has 1 amide bonds. The second-order valence-electron chi connectivity index (χ2n) is 5.08. The largest absolute Gasteiger partial charge is 0.441 e. The normalized spacial score (nSPS) is 12.4. The first-order valence-electron chi connectivity index (χ1n) is 6.56. The minimum absolute atomic E-state index is 0.103. The molecule has 0 aliphatic rings. The lowest BCUT2D eigenvalue weighted by atomic mass is 10.0. The third-order valence-electron chi connectivity index (χ3n) is 3.08. The molecule has 0 spiro atoms. The summed E-state index contributed by atoms with van der Waals surface area (Å²) in [6, 6.07) is 6.87. The summed E-state index contributed by atoms with van der Waals surface area (Å²) in [4.78, 5) is 15.9. The van der Waals surface area contributed by atoms with E-state index in [0.717, 1.165) is 5.56 Å². The number of nitrogens with zero attached hydrogens (tertiary/aromatic N) is 1. The Bertz CT molecular complexity index is 587. The molecule has 2 aromatic rings. The van der Waals surface area contributed by atoms with Crippen molar-refractivity contribution >= 4 is 11.6 Å². The fourth-order valence-electron chi connectivity index (χ4n) is 1.74. The standard InChI is InChI=1S/C15H19N3O2/c1-9(2)14(16)15(19)18-12-6-4-11(5-7-12)13-8-17-10(3)20-13/h4-9,14H,16H2,1-3H3,(H,18,19). The zero-order chi connectivity index (χ0) is 14.7. The molecule has 0 saturated heterocycles. The smallest absolute Gasteiger partial charge is 0.241 e. The van der Waals surface area contributed by atoms with Gasteiger partial charge in [0.15, 0.2) is 11.7 Å². The van der Waals surface area contributed by atoms with E-state index in [1.807, 2.05) is 38.1 Å². The van der Waals surface area contributed by atoms with Gasteiger partial charge in [-0.2, -0.15) is 0 Å². The van der Waals surface area contributed by atoms with Gasteiger partial charge in [0, 0.05) is 18.2 Å². The summed E-state index contributed by atoms with van der Waals surface area (Å²) in [5, 5.41) is 2.80. The van der Waals surface area contributed by atoms with Gasteiger partial charge < -0.3 is 15.5 Å². The van der Waals surface area contributed by atoms with E-state index in [-0.39, 0.29) is 11.8 Å². The summed E-state index contributed by atoms with van der Waals surface area (Å²) in [6.45, 7) is 5.63. The summed E-state index contributed by atoms with van der Waals surface area (Å²) in [7, 11) is 0. The predicted octanol–water partition coefficient (Wildman–Crippen LogP) is 2.57. The second kappa shape index (κ2) is 5.88. The molecule has 0 saturated carbocycles. The minimum Gasteiger partial charge on any atom is -0.441 e. The van der Waals surface area contributed by atoms with E-state index in [0.29, 0.717) is 17.3 Å². The number of aryl methyl sites for hydroxylation is 1. The number of benzene rings is 1. The topological polar surface area (TPSA) is 81.2 Å². The van der Waals surface area contributed by atoms with Crippen LogP contribution in [-0.4, -0.2) is 16.9 Å². The Morgan fingerprint density at radius 2 is 1.95 bits per heavy atom. The van der Waals surface area contributed by atoms with Gasteiger partial charge in [-0.3, -0.25) is 4.79 Å². The van der Waals surface area contributed by atoms with Crippen LogP contribution in [0.15, 0.2) is 34.9 Å². The third kappa shape index (κ3) is 3.24. The lowest BCUT2D eigenvalue weighted by Gasteiger charge is -2.15. The van der Waals surface area contributed by atoms with Crippen LogP contribution in [-0.2, 0) is 4.79 Å². The molecular weight excluding hydrogens is 254 g/mol. The van der Waals surface area contributed by atoms with Gasteiger partial charge in [0.1, 0.15) is 0 Å². The Morgan fingerprint density at radius 3 is 2.45 bits per heavy atom. The number of carbonyl (C=O) groups excluding carboxylic acids is 1. The molecule has 20 heavy (non-hydrogen) atoms. The molecule has 0 aliphatic heterocycles. The first-order valence-corrected chi connectivity index (χ1v) is 6.56. The maximum absolute atomic E-state index is 11.8. The minimum atomic E-state index is -0.508. The van der Waals surface area contributed by atoms with Crippen molar-refractivity contribution in [1.29, 1.82) is 0 Å². The fraction of sp³-hybridized carbons (Fsp3) is 0.333.